The molecule has 0 aromatic heterocycles. The van der Waals surface area contributed by atoms with Crippen LogP contribution < -0.4 is 11.1 Å². The zero-order chi connectivity index (χ0) is 12.8. The molecule has 0 spiro atoms. The number of nitrogens with zero attached hydrogens (tertiary/aromatic N) is 1. The molecule has 4 heteroatoms. The highest BCUT2D eigenvalue weighted by molar-refractivity contribution is 5.59. The van der Waals surface area contributed by atoms with E-state index >= 15 is 0 Å². The fourth-order valence-corrected chi connectivity index (χ4v) is 2.18. The van der Waals surface area contributed by atoms with Gasteiger partial charge < -0.3 is 15.8 Å². The van der Waals surface area contributed by atoms with E-state index in [1.165, 1.54) is 5.56 Å². The molecule has 0 bridgehead atoms. The summed E-state index contributed by atoms with van der Waals surface area (Å²) in [6.45, 7) is 8.11. The summed E-state index contributed by atoms with van der Waals surface area (Å²) < 4.78 is 5.33. The molecule has 1 aromatic carbocycles. The van der Waals surface area contributed by atoms with Crippen LogP contribution in [-0.4, -0.2) is 44.3 Å². The second-order valence-electron chi connectivity index (χ2n) is 4.81. The van der Waals surface area contributed by atoms with Gasteiger partial charge in [0.05, 0.1) is 13.2 Å². The van der Waals surface area contributed by atoms with Crippen molar-refractivity contribution in [2.24, 2.45) is 0 Å². The molecule has 4 nitrogen and oxygen atoms in total. The van der Waals surface area contributed by atoms with Crippen LogP contribution in [0, 0.1) is 6.92 Å². The lowest BCUT2D eigenvalue weighted by Crippen LogP contribution is -2.37. The van der Waals surface area contributed by atoms with Gasteiger partial charge in [-0.2, -0.15) is 0 Å². The average molecular weight is 249 g/mol. The van der Waals surface area contributed by atoms with Crippen molar-refractivity contribution in [3.8, 4) is 0 Å². The van der Waals surface area contributed by atoms with Gasteiger partial charge in [-0.3, -0.25) is 4.90 Å². The molecule has 3 N–H and O–H groups in total. The monoisotopic (exact) mass is 249 g/mol. The Morgan fingerprint density at radius 2 is 2.11 bits per heavy atom. The molecule has 1 aromatic rings. The van der Waals surface area contributed by atoms with Crippen molar-refractivity contribution in [3.63, 3.8) is 0 Å². The number of hydrogen-bond acceptors (Lipinski definition) is 4. The van der Waals surface area contributed by atoms with Crippen molar-refractivity contribution in [2.75, 3.05) is 50.4 Å². The van der Waals surface area contributed by atoms with Crippen molar-refractivity contribution in [2.45, 2.75) is 13.3 Å². The van der Waals surface area contributed by atoms with Gasteiger partial charge in [0.25, 0.3) is 0 Å². The summed E-state index contributed by atoms with van der Waals surface area (Å²) in [5, 5.41) is 3.46. The molecular formula is C14H23N3O. The molecule has 0 unspecified atom stereocenters. The Morgan fingerprint density at radius 1 is 1.33 bits per heavy atom. The number of nitrogen functional groups attached to an aromatic ring is 1. The van der Waals surface area contributed by atoms with Crippen LogP contribution in [0.1, 0.15) is 12.0 Å². The molecule has 0 atom stereocenters. The minimum atomic E-state index is 0.816. The van der Waals surface area contributed by atoms with E-state index in [2.05, 4.69) is 23.2 Å². The van der Waals surface area contributed by atoms with Crippen molar-refractivity contribution >= 4 is 11.4 Å². The molecule has 0 aliphatic carbocycles. The smallest absolute Gasteiger partial charge is 0.0594 e. The van der Waals surface area contributed by atoms with Crippen LogP contribution in [-0.2, 0) is 4.74 Å². The maximum atomic E-state index is 5.79. The topological polar surface area (TPSA) is 50.5 Å². The molecule has 18 heavy (non-hydrogen) atoms. The maximum absolute atomic E-state index is 5.79. The van der Waals surface area contributed by atoms with Gasteiger partial charge in [-0.05, 0) is 37.6 Å². The molecule has 1 heterocycles. The fourth-order valence-electron chi connectivity index (χ4n) is 2.18. The lowest BCUT2D eigenvalue weighted by atomic mass is 10.2. The Balaban J connectivity index is 1.69. The van der Waals surface area contributed by atoms with E-state index in [9.17, 15) is 0 Å². The van der Waals surface area contributed by atoms with E-state index in [0.717, 1.165) is 57.2 Å². The third-order valence-corrected chi connectivity index (χ3v) is 3.33. The van der Waals surface area contributed by atoms with Crippen molar-refractivity contribution < 1.29 is 4.74 Å². The Labute approximate surface area is 109 Å². The summed E-state index contributed by atoms with van der Waals surface area (Å²) >= 11 is 0. The maximum Gasteiger partial charge on any atom is 0.0594 e. The third-order valence-electron chi connectivity index (χ3n) is 3.33. The number of morpholine rings is 1. The Bertz CT molecular complexity index is 375. The zero-order valence-electron chi connectivity index (χ0n) is 11.1. The summed E-state index contributed by atoms with van der Waals surface area (Å²) in [5.74, 6) is 0. The molecule has 2 rings (SSSR count). The summed E-state index contributed by atoms with van der Waals surface area (Å²) in [4.78, 5) is 2.46. The molecule has 0 amide bonds. The number of benzene rings is 1. The number of nitrogens with one attached hydrogen (secondary N) is 1. The highest BCUT2D eigenvalue weighted by Gasteiger charge is 2.09. The van der Waals surface area contributed by atoms with Gasteiger partial charge in [-0.1, -0.05) is 6.07 Å². The highest BCUT2D eigenvalue weighted by Crippen LogP contribution is 2.17. The van der Waals surface area contributed by atoms with E-state index in [-0.39, 0.29) is 0 Å². The molecule has 1 aliphatic heterocycles. The van der Waals surface area contributed by atoms with Gasteiger partial charge in [-0.15, -0.1) is 0 Å². The molecule has 1 saturated heterocycles. The minimum Gasteiger partial charge on any atom is -0.399 e. The second-order valence-corrected chi connectivity index (χ2v) is 4.81. The van der Waals surface area contributed by atoms with Crippen LogP contribution in [0.25, 0.3) is 0 Å². The van der Waals surface area contributed by atoms with Crippen LogP contribution in [0.2, 0.25) is 0 Å². The molecule has 0 saturated carbocycles. The molecule has 100 valence electrons. The first-order chi connectivity index (χ1) is 8.75. The SMILES string of the molecule is Cc1ccc(N)cc1NCCCN1CCOCC1. The lowest BCUT2D eigenvalue weighted by Gasteiger charge is -2.26. The fraction of sp³-hybridized carbons (Fsp3) is 0.571. The number of rotatable bonds is 5. The molecule has 0 radical (unpaired) electrons. The summed E-state index contributed by atoms with van der Waals surface area (Å²) in [5.41, 5.74) is 9.00. The number of nitrogens with two attached hydrogens (primary N) is 1. The van der Waals surface area contributed by atoms with Gasteiger partial charge in [0.2, 0.25) is 0 Å². The van der Waals surface area contributed by atoms with Gasteiger partial charge in [-0.25, -0.2) is 0 Å². The number of anilines is 2. The number of ether oxygens (including phenoxy) is 1. The van der Waals surface area contributed by atoms with Gasteiger partial charge in [0, 0.05) is 31.0 Å². The van der Waals surface area contributed by atoms with E-state index in [0.29, 0.717) is 0 Å². The zero-order valence-corrected chi connectivity index (χ0v) is 11.1. The van der Waals surface area contributed by atoms with Crippen molar-refractivity contribution in [1.29, 1.82) is 0 Å². The molecule has 1 aliphatic rings. The predicted molar refractivity (Wildman–Crippen MR) is 76.0 cm³/mol. The number of aryl methyl sites for hydroxylation is 1. The van der Waals surface area contributed by atoms with E-state index in [4.69, 9.17) is 10.5 Å². The van der Waals surface area contributed by atoms with Crippen LogP contribution >= 0.6 is 0 Å². The third kappa shape index (κ3) is 3.89. The Hall–Kier alpha value is -1.26. The lowest BCUT2D eigenvalue weighted by molar-refractivity contribution is 0.0378. The van der Waals surface area contributed by atoms with Gasteiger partial charge >= 0.3 is 0 Å². The van der Waals surface area contributed by atoms with Crippen LogP contribution in [0.15, 0.2) is 18.2 Å². The predicted octanol–water partition coefficient (Wildman–Crippen LogP) is 1.71. The van der Waals surface area contributed by atoms with Crippen LogP contribution in [0.3, 0.4) is 0 Å². The summed E-state index contributed by atoms with van der Waals surface area (Å²) in [6.07, 6.45) is 1.15. The quantitative estimate of drug-likeness (QED) is 0.616. The molecule has 1 fully saturated rings. The average Bonchev–Trinajstić information content (AvgIpc) is 2.40. The highest BCUT2D eigenvalue weighted by atomic mass is 16.5. The van der Waals surface area contributed by atoms with Crippen LogP contribution in [0.4, 0.5) is 11.4 Å². The summed E-state index contributed by atoms with van der Waals surface area (Å²) in [7, 11) is 0. The largest absolute Gasteiger partial charge is 0.399 e. The standard InChI is InChI=1S/C14H23N3O/c1-12-3-4-13(15)11-14(12)16-5-2-6-17-7-9-18-10-8-17/h3-4,11,16H,2,5-10,15H2,1H3. The second kappa shape index (κ2) is 6.61. The van der Waals surface area contributed by atoms with Crippen molar-refractivity contribution in [1.82, 2.24) is 4.90 Å². The Kier molecular flexibility index (Phi) is 4.84. The minimum absolute atomic E-state index is 0.816. The summed E-state index contributed by atoms with van der Waals surface area (Å²) in [6, 6.07) is 6.00. The first kappa shape index (κ1) is 13.2. The number of hydrogen-bond donors (Lipinski definition) is 2. The normalized spacial score (nSPS) is 16.7. The van der Waals surface area contributed by atoms with Gasteiger partial charge in [0.1, 0.15) is 0 Å². The Morgan fingerprint density at radius 3 is 2.89 bits per heavy atom. The first-order valence-electron chi connectivity index (χ1n) is 6.66. The van der Waals surface area contributed by atoms with Gasteiger partial charge in [0.15, 0.2) is 0 Å². The van der Waals surface area contributed by atoms with E-state index in [1.54, 1.807) is 0 Å². The van der Waals surface area contributed by atoms with Crippen molar-refractivity contribution in [3.05, 3.63) is 23.8 Å². The van der Waals surface area contributed by atoms with E-state index in [1.807, 2.05) is 12.1 Å². The van der Waals surface area contributed by atoms with E-state index < -0.39 is 0 Å². The first-order valence-corrected chi connectivity index (χ1v) is 6.66. The van der Waals surface area contributed by atoms with Crippen LogP contribution in [0.5, 0.6) is 0 Å². The molecular weight excluding hydrogens is 226 g/mol.